The highest BCUT2D eigenvalue weighted by Gasteiger charge is 2.31. The minimum absolute atomic E-state index is 0.160. The maximum Gasteiger partial charge on any atom is 0.108 e. The second-order valence-corrected chi connectivity index (χ2v) is 4.06. The molecule has 1 atom stereocenters. The Morgan fingerprint density at radius 2 is 1.93 bits per heavy atom. The predicted molar refractivity (Wildman–Crippen MR) is 61.5 cm³/mol. The second kappa shape index (κ2) is 3.35. The molecule has 0 bridgehead atoms. The van der Waals surface area contributed by atoms with E-state index in [1.54, 1.807) is 7.11 Å². The Bertz CT molecular complexity index is 454. The summed E-state index contributed by atoms with van der Waals surface area (Å²) in [4.78, 5) is 0. The van der Waals surface area contributed by atoms with Crippen molar-refractivity contribution >= 4 is 5.57 Å². The standard InChI is InChI=1S/C14H14O/c1-15-14-12-8-4-2-6-10(12)11-7-3-5-9-13(11)14/h2,4,6-9,14H,3,5H2,1H3. The lowest BCUT2D eigenvalue weighted by molar-refractivity contribution is 0.139. The van der Waals surface area contributed by atoms with Gasteiger partial charge in [0.2, 0.25) is 0 Å². The van der Waals surface area contributed by atoms with Crippen LogP contribution >= 0.6 is 0 Å². The molecule has 3 rings (SSSR count). The highest BCUT2D eigenvalue weighted by atomic mass is 16.5. The topological polar surface area (TPSA) is 9.23 Å². The first kappa shape index (κ1) is 8.93. The molecule has 0 spiro atoms. The average molecular weight is 198 g/mol. The molecule has 1 aromatic carbocycles. The molecule has 0 N–H and O–H groups in total. The van der Waals surface area contributed by atoms with E-state index in [1.807, 2.05) is 0 Å². The van der Waals surface area contributed by atoms with Crippen molar-refractivity contribution in [2.24, 2.45) is 0 Å². The molecule has 0 fully saturated rings. The molecule has 1 unspecified atom stereocenters. The van der Waals surface area contributed by atoms with Crippen molar-refractivity contribution in [1.29, 1.82) is 0 Å². The molecular weight excluding hydrogens is 184 g/mol. The van der Waals surface area contributed by atoms with Gasteiger partial charge in [0.15, 0.2) is 0 Å². The lowest BCUT2D eigenvalue weighted by atomic mass is 9.97. The Balaban J connectivity index is 2.22. The van der Waals surface area contributed by atoms with Gasteiger partial charge in [-0.25, -0.2) is 0 Å². The fourth-order valence-electron chi connectivity index (χ4n) is 2.60. The highest BCUT2D eigenvalue weighted by Crippen LogP contribution is 2.47. The molecule has 0 amide bonds. The molecule has 1 nitrogen and oxygen atoms in total. The lowest BCUT2D eigenvalue weighted by Crippen LogP contribution is -1.99. The molecule has 15 heavy (non-hydrogen) atoms. The smallest absolute Gasteiger partial charge is 0.108 e. The van der Waals surface area contributed by atoms with Crippen LogP contribution in [0.15, 0.2) is 42.0 Å². The van der Waals surface area contributed by atoms with Gasteiger partial charge in [0.25, 0.3) is 0 Å². The van der Waals surface area contributed by atoms with E-state index < -0.39 is 0 Å². The van der Waals surface area contributed by atoms with Crippen LogP contribution in [0.3, 0.4) is 0 Å². The molecule has 2 aliphatic rings. The summed E-state index contributed by atoms with van der Waals surface area (Å²) in [5.41, 5.74) is 5.43. The van der Waals surface area contributed by atoms with Crippen LogP contribution in [0.2, 0.25) is 0 Å². The van der Waals surface area contributed by atoms with Crippen molar-refractivity contribution in [3.63, 3.8) is 0 Å². The third-order valence-electron chi connectivity index (χ3n) is 3.24. The Hall–Kier alpha value is -1.34. The molecule has 0 heterocycles. The SMILES string of the molecule is COC1C2=CCCC=C2c2ccccc21. The minimum atomic E-state index is 0.160. The van der Waals surface area contributed by atoms with Crippen LogP contribution in [-0.4, -0.2) is 7.11 Å². The molecule has 0 aromatic heterocycles. The number of hydrogen-bond donors (Lipinski definition) is 0. The van der Waals surface area contributed by atoms with E-state index >= 15 is 0 Å². The molecule has 0 aliphatic heterocycles. The number of hydrogen-bond acceptors (Lipinski definition) is 1. The van der Waals surface area contributed by atoms with E-state index in [9.17, 15) is 0 Å². The van der Waals surface area contributed by atoms with Crippen LogP contribution in [0.25, 0.3) is 5.57 Å². The monoisotopic (exact) mass is 198 g/mol. The minimum Gasteiger partial charge on any atom is -0.372 e. The van der Waals surface area contributed by atoms with E-state index in [0.29, 0.717) is 0 Å². The van der Waals surface area contributed by atoms with Gasteiger partial charge in [-0.05, 0) is 35.1 Å². The number of allylic oxidation sites excluding steroid dienone is 2. The predicted octanol–water partition coefficient (Wildman–Crippen LogP) is 3.49. The summed E-state index contributed by atoms with van der Waals surface area (Å²) >= 11 is 0. The summed E-state index contributed by atoms with van der Waals surface area (Å²) in [6.07, 6.45) is 7.13. The van der Waals surface area contributed by atoms with Gasteiger partial charge in [-0.3, -0.25) is 0 Å². The first-order valence-electron chi connectivity index (χ1n) is 5.44. The molecule has 0 saturated heterocycles. The van der Waals surface area contributed by atoms with Crippen molar-refractivity contribution in [3.8, 4) is 0 Å². The maximum absolute atomic E-state index is 5.60. The van der Waals surface area contributed by atoms with Crippen molar-refractivity contribution in [2.45, 2.75) is 18.9 Å². The normalized spacial score (nSPS) is 22.9. The molecule has 1 heteroatoms. The Labute approximate surface area is 90.1 Å². The fraction of sp³-hybridized carbons (Fsp3) is 0.286. The zero-order valence-electron chi connectivity index (χ0n) is 8.86. The van der Waals surface area contributed by atoms with Crippen LogP contribution in [0.4, 0.5) is 0 Å². The van der Waals surface area contributed by atoms with E-state index in [4.69, 9.17) is 4.74 Å². The number of ether oxygens (including phenoxy) is 1. The number of rotatable bonds is 1. The van der Waals surface area contributed by atoms with Crippen LogP contribution < -0.4 is 0 Å². The first-order valence-corrected chi connectivity index (χ1v) is 5.44. The van der Waals surface area contributed by atoms with Gasteiger partial charge in [-0.15, -0.1) is 0 Å². The van der Waals surface area contributed by atoms with Gasteiger partial charge in [0, 0.05) is 7.11 Å². The fourth-order valence-corrected chi connectivity index (χ4v) is 2.60. The Kier molecular flexibility index (Phi) is 2.00. The van der Waals surface area contributed by atoms with E-state index in [0.717, 1.165) is 12.8 Å². The summed E-state index contributed by atoms with van der Waals surface area (Å²) < 4.78 is 5.60. The Morgan fingerprint density at radius 3 is 2.80 bits per heavy atom. The molecule has 2 aliphatic carbocycles. The van der Waals surface area contributed by atoms with Gasteiger partial charge in [-0.2, -0.15) is 0 Å². The highest BCUT2D eigenvalue weighted by molar-refractivity contribution is 5.87. The summed E-state index contributed by atoms with van der Waals surface area (Å²) in [6.45, 7) is 0. The van der Waals surface area contributed by atoms with E-state index in [-0.39, 0.29) is 6.10 Å². The summed E-state index contributed by atoms with van der Waals surface area (Å²) in [5.74, 6) is 0. The van der Waals surface area contributed by atoms with Crippen molar-refractivity contribution in [1.82, 2.24) is 0 Å². The van der Waals surface area contributed by atoms with Crippen LogP contribution in [0, 0.1) is 0 Å². The van der Waals surface area contributed by atoms with Crippen molar-refractivity contribution in [2.75, 3.05) is 7.11 Å². The van der Waals surface area contributed by atoms with Gasteiger partial charge in [-0.1, -0.05) is 36.4 Å². The quantitative estimate of drug-likeness (QED) is 0.671. The Morgan fingerprint density at radius 1 is 1.13 bits per heavy atom. The van der Waals surface area contributed by atoms with Gasteiger partial charge >= 0.3 is 0 Å². The van der Waals surface area contributed by atoms with Gasteiger partial charge < -0.3 is 4.74 Å². The third kappa shape index (κ3) is 1.20. The molecular formula is C14H14O. The zero-order valence-corrected chi connectivity index (χ0v) is 8.86. The summed E-state index contributed by atoms with van der Waals surface area (Å²) in [6, 6.07) is 8.55. The summed E-state index contributed by atoms with van der Waals surface area (Å²) in [5, 5.41) is 0. The summed E-state index contributed by atoms with van der Waals surface area (Å²) in [7, 11) is 1.79. The van der Waals surface area contributed by atoms with Crippen LogP contribution in [-0.2, 0) is 4.74 Å². The maximum atomic E-state index is 5.60. The third-order valence-corrected chi connectivity index (χ3v) is 3.24. The second-order valence-electron chi connectivity index (χ2n) is 4.06. The molecule has 0 saturated carbocycles. The average Bonchev–Trinajstić information content (AvgIpc) is 2.63. The molecule has 1 aromatic rings. The van der Waals surface area contributed by atoms with Crippen LogP contribution in [0.1, 0.15) is 30.1 Å². The lowest BCUT2D eigenvalue weighted by Gasteiger charge is -2.14. The van der Waals surface area contributed by atoms with E-state index in [2.05, 4.69) is 36.4 Å². The molecule has 0 radical (unpaired) electrons. The number of benzene rings is 1. The largest absolute Gasteiger partial charge is 0.372 e. The van der Waals surface area contributed by atoms with Crippen molar-refractivity contribution < 1.29 is 4.74 Å². The van der Waals surface area contributed by atoms with E-state index in [1.165, 1.54) is 22.3 Å². The first-order chi connectivity index (χ1) is 7.42. The van der Waals surface area contributed by atoms with Gasteiger partial charge in [0.1, 0.15) is 6.10 Å². The number of methoxy groups -OCH3 is 1. The number of fused-ring (bicyclic) bond motifs is 3. The van der Waals surface area contributed by atoms with Crippen molar-refractivity contribution in [3.05, 3.63) is 53.1 Å². The van der Waals surface area contributed by atoms with Gasteiger partial charge in [0.05, 0.1) is 0 Å². The van der Waals surface area contributed by atoms with Crippen LogP contribution in [0.5, 0.6) is 0 Å². The molecule has 76 valence electrons. The zero-order chi connectivity index (χ0) is 10.3.